The first kappa shape index (κ1) is 15.8. The van der Waals surface area contributed by atoms with Crippen molar-refractivity contribution in [1.82, 2.24) is 14.9 Å². The highest BCUT2D eigenvalue weighted by Crippen LogP contribution is 2.25. The zero-order chi connectivity index (χ0) is 15.1. The molecule has 1 aromatic carbocycles. The van der Waals surface area contributed by atoms with Crippen LogP contribution in [0.2, 0.25) is 0 Å². The number of aromatic nitrogens is 2. The molecule has 114 valence electrons. The van der Waals surface area contributed by atoms with E-state index in [9.17, 15) is 0 Å². The summed E-state index contributed by atoms with van der Waals surface area (Å²) in [5, 5.41) is 3.67. The predicted octanol–water partition coefficient (Wildman–Crippen LogP) is 3.62. The van der Waals surface area contributed by atoms with Crippen molar-refractivity contribution in [2.75, 3.05) is 6.54 Å². The molecule has 0 aliphatic rings. The summed E-state index contributed by atoms with van der Waals surface area (Å²) in [7, 11) is 0. The Morgan fingerprint density at radius 3 is 2.52 bits per heavy atom. The molecule has 2 aromatic rings. The Morgan fingerprint density at radius 1 is 1.14 bits per heavy atom. The van der Waals surface area contributed by atoms with E-state index in [1.807, 2.05) is 6.20 Å². The highest BCUT2D eigenvalue weighted by molar-refractivity contribution is 5.22. The normalized spacial score (nSPS) is 14.0. The molecule has 2 unspecified atom stereocenters. The number of nitrogens with zero attached hydrogens (tertiary/aromatic N) is 2. The average Bonchev–Trinajstić information content (AvgIpc) is 2.96. The number of imidazole rings is 1. The predicted molar refractivity (Wildman–Crippen MR) is 88.5 cm³/mol. The number of likely N-dealkylation sites (N-methyl/N-ethyl adjacent to an activating group) is 1. The molecule has 1 aromatic heterocycles. The van der Waals surface area contributed by atoms with E-state index in [1.54, 1.807) is 0 Å². The Balaban J connectivity index is 2.20. The van der Waals surface area contributed by atoms with Gasteiger partial charge in [-0.15, -0.1) is 0 Å². The minimum atomic E-state index is 0.426. The summed E-state index contributed by atoms with van der Waals surface area (Å²) in [5.41, 5.74) is 1.42. The van der Waals surface area contributed by atoms with Crippen LogP contribution in [0.1, 0.15) is 44.5 Å². The van der Waals surface area contributed by atoms with Crippen molar-refractivity contribution in [2.45, 2.75) is 52.1 Å². The molecule has 3 heteroatoms. The molecular weight excluding hydrogens is 258 g/mol. The summed E-state index contributed by atoms with van der Waals surface area (Å²) < 4.78 is 2.24. The summed E-state index contributed by atoms with van der Waals surface area (Å²) in [5.74, 6) is 1.70. The summed E-state index contributed by atoms with van der Waals surface area (Å²) in [6.07, 6.45) is 6.09. The number of nitrogens with one attached hydrogen (secondary N) is 1. The second-order valence-electron chi connectivity index (χ2n) is 5.42. The van der Waals surface area contributed by atoms with Crippen LogP contribution in [0.3, 0.4) is 0 Å². The van der Waals surface area contributed by atoms with E-state index in [1.165, 1.54) is 11.4 Å². The van der Waals surface area contributed by atoms with Crippen LogP contribution < -0.4 is 5.32 Å². The Labute approximate surface area is 128 Å². The van der Waals surface area contributed by atoms with Crippen LogP contribution in [0.4, 0.5) is 0 Å². The molecule has 0 aliphatic carbocycles. The number of rotatable bonds is 8. The molecule has 1 heterocycles. The van der Waals surface area contributed by atoms with Crippen molar-refractivity contribution in [3.8, 4) is 0 Å². The van der Waals surface area contributed by atoms with Gasteiger partial charge in [0.15, 0.2) is 0 Å². The monoisotopic (exact) mass is 285 g/mol. The molecule has 2 atom stereocenters. The molecule has 2 rings (SSSR count). The number of benzene rings is 1. The zero-order valence-electron chi connectivity index (χ0n) is 13.4. The standard InChI is InChI=1S/C18H27N3/c1-4-16(15-10-8-7-9-11-15)17(19-5-2)14-18-20-12-13-21(18)6-3/h7-13,16-17,19H,4-6,14H2,1-3H3. The van der Waals surface area contributed by atoms with Gasteiger partial charge in [-0.2, -0.15) is 0 Å². The third-order valence-corrected chi connectivity index (χ3v) is 4.16. The lowest BCUT2D eigenvalue weighted by atomic mass is 9.87. The van der Waals surface area contributed by atoms with E-state index in [-0.39, 0.29) is 0 Å². The lowest BCUT2D eigenvalue weighted by Crippen LogP contribution is -2.37. The highest BCUT2D eigenvalue weighted by atomic mass is 15.1. The summed E-state index contributed by atoms with van der Waals surface area (Å²) in [6.45, 7) is 8.59. The Kier molecular flexibility index (Phi) is 6.00. The third-order valence-electron chi connectivity index (χ3n) is 4.16. The maximum atomic E-state index is 4.54. The van der Waals surface area contributed by atoms with Gasteiger partial charge in [-0.25, -0.2) is 4.98 Å². The van der Waals surface area contributed by atoms with Gasteiger partial charge in [-0.3, -0.25) is 0 Å². The lowest BCUT2D eigenvalue weighted by Gasteiger charge is -2.27. The lowest BCUT2D eigenvalue weighted by molar-refractivity contribution is 0.416. The second-order valence-corrected chi connectivity index (χ2v) is 5.42. The first-order valence-electron chi connectivity index (χ1n) is 8.08. The molecule has 0 saturated heterocycles. The van der Waals surface area contributed by atoms with Gasteiger partial charge in [0.1, 0.15) is 5.82 Å². The Hall–Kier alpha value is -1.61. The minimum absolute atomic E-state index is 0.426. The SMILES string of the molecule is CCNC(Cc1nccn1CC)C(CC)c1ccccc1. The largest absolute Gasteiger partial charge is 0.335 e. The molecule has 0 bridgehead atoms. The maximum Gasteiger partial charge on any atom is 0.110 e. The number of hydrogen-bond donors (Lipinski definition) is 1. The fourth-order valence-electron chi connectivity index (χ4n) is 3.09. The molecule has 0 amide bonds. The van der Waals surface area contributed by atoms with E-state index in [4.69, 9.17) is 0 Å². The number of aryl methyl sites for hydroxylation is 1. The van der Waals surface area contributed by atoms with Crippen LogP contribution in [-0.2, 0) is 13.0 Å². The van der Waals surface area contributed by atoms with Crippen molar-refractivity contribution in [3.63, 3.8) is 0 Å². The molecule has 1 N–H and O–H groups in total. The van der Waals surface area contributed by atoms with Gasteiger partial charge < -0.3 is 9.88 Å². The van der Waals surface area contributed by atoms with Crippen LogP contribution >= 0.6 is 0 Å². The van der Waals surface area contributed by atoms with Crippen LogP contribution in [0.5, 0.6) is 0 Å². The van der Waals surface area contributed by atoms with Crippen molar-refractivity contribution < 1.29 is 0 Å². The zero-order valence-corrected chi connectivity index (χ0v) is 13.4. The van der Waals surface area contributed by atoms with Crippen molar-refractivity contribution in [1.29, 1.82) is 0 Å². The van der Waals surface area contributed by atoms with Gasteiger partial charge in [0.2, 0.25) is 0 Å². The van der Waals surface area contributed by atoms with Gasteiger partial charge in [0.05, 0.1) is 0 Å². The second kappa shape index (κ2) is 7.99. The average molecular weight is 285 g/mol. The van der Waals surface area contributed by atoms with E-state index in [0.29, 0.717) is 12.0 Å². The summed E-state index contributed by atoms with van der Waals surface area (Å²) in [6, 6.07) is 11.3. The molecular formula is C18H27N3. The molecule has 0 saturated carbocycles. The fourth-order valence-corrected chi connectivity index (χ4v) is 3.09. The van der Waals surface area contributed by atoms with E-state index < -0.39 is 0 Å². The van der Waals surface area contributed by atoms with Crippen molar-refractivity contribution in [2.24, 2.45) is 0 Å². The molecule has 0 aliphatic heterocycles. The molecule has 21 heavy (non-hydrogen) atoms. The fraction of sp³-hybridized carbons (Fsp3) is 0.500. The van der Waals surface area contributed by atoms with E-state index >= 15 is 0 Å². The van der Waals surface area contributed by atoms with E-state index in [0.717, 1.165) is 25.9 Å². The quantitative estimate of drug-likeness (QED) is 0.803. The van der Waals surface area contributed by atoms with Crippen LogP contribution in [0, 0.1) is 0 Å². The first-order chi connectivity index (χ1) is 10.3. The Bertz CT molecular complexity index is 518. The minimum Gasteiger partial charge on any atom is -0.335 e. The smallest absolute Gasteiger partial charge is 0.110 e. The van der Waals surface area contributed by atoms with Gasteiger partial charge in [-0.1, -0.05) is 44.2 Å². The van der Waals surface area contributed by atoms with Crippen molar-refractivity contribution in [3.05, 3.63) is 54.1 Å². The van der Waals surface area contributed by atoms with E-state index in [2.05, 4.69) is 72.2 Å². The molecule has 3 nitrogen and oxygen atoms in total. The van der Waals surface area contributed by atoms with Crippen molar-refractivity contribution >= 4 is 0 Å². The van der Waals surface area contributed by atoms with Gasteiger partial charge >= 0.3 is 0 Å². The van der Waals surface area contributed by atoms with Gasteiger partial charge in [0.25, 0.3) is 0 Å². The maximum absolute atomic E-state index is 4.54. The third kappa shape index (κ3) is 3.94. The number of hydrogen-bond acceptors (Lipinski definition) is 2. The molecule has 0 fully saturated rings. The summed E-state index contributed by atoms with van der Waals surface area (Å²) in [4.78, 5) is 4.54. The first-order valence-corrected chi connectivity index (χ1v) is 8.08. The molecule has 0 radical (unpaired) electrons. The Morgan fingerprint density at radius 2 is 1.90 bits per heavy atom. The highest BCUT2D eigenvalue weighted by Gasteiger charge is 2.22. The topological polar surface area (TPSA) is 29.9 Å². The van der Waals surface area contributed by atoms with Crippen LogP contribution in [0.15, 0.2) is 42.7 Å². The van der Waals surface area contributed by atoms with Crippen LogP contribution in [-0.4, -0.2) is 22.1 Å². The van der Waals surface area contributed by atoms with Crippen LogP contribution in [0.25, 0.3) is 0 Å². The molecule has 0 spiro atoms. The van der Waals surface area contributed by atoms with Gasteiger partial charge in [0, 0.05) is 31.4 Å². The van der Waals surface area contributed by atoms with Gasteiger partial charge in [-0.05, 0) is 31.4 Å². The summed E-state index contributed by atoms with van der Waals surface area (Å²) >= 11 is 0.